The summed E-state index contributed by atoms with van der Waals surface area (Å²) in [5.74, 6) is 0. The molecule has 5 rings (SSSR count). The summed E-state index contributed by atoms with van der Waals surface area (Å²) in [6.45, 7) is 8.83. The van der Waals surface area contributed by atoms with Crippen LogP contribution in [0.25, 0.3) is 38.1 Å². The first-order valence-electron chi connectivity index (χ1n) is 8.22. The minimum absolute atomic E-state index is 1.32. The van der Waals surface area contributed by atoms with Gasteiger partial charge in [0.1, 0.15) is 0 Å². The molecule has 0 aliphatic carbocycles. The van der Waals surface area contributed by atoms with Crippen molar-refractivity contribution in [1.82, 2.24) is 4.40 Å². The van der Waals surface area contributed by atoms with Crippen molar-refractivity contribution in [1.29, 1.82) is 0 Å². The van der Waals surface area contributed by atoms with Gasteiger partial charge in [0.25, 0.3) is 0 Å². The minimum Gasteiger partial charge on any atom is -0.307 e. The van der Waals surface area contributed by atoms with Crippen molar-refractivity contribution in [2.24, 2.45) is 0 Å². The van der Waals surface area contributed by atoms with Gasteiger partial charge in [-0.3, -0.25) is 0 Å². The molecule has 0 atom stereocenters. The second kappa shape index (κ2) is 4.05. The molecule has 3 heterocycles. The third-order valence-electron chi connectivity index (χ3n) is 5.22. The van der Waals surface area contributed by atoms with Crippen molar-refractivity contribution in [3.8, 4) is 0 Å². The van der Waals surface area contributed by atoms with Gasteiger partial charge in [-0.2, -0.15) is 0 Å². The Morgan fingerprint density at radius 2 is 1.00 bits per heavy atom. The van der Waals surface area contributed by atoms with Crippen LogP contribution in [0.3, 0.4) is 0 Å². The fourth-order valence-electron chi connectivity index (χ4n) is 4.32. The Labute approximate surface area is 135 Å². The van der Waals surface area contributed by atoms with Crippen molar-refractivity contribution >= 4 is 38.1 Å². The van der Waals surface area contributed by atoms with Crippen molar-refractivity contribution in [3.63, 3.8) is 0 Å². The van der Waals surface area contributed by atoms with Crippen molar-refractivity contribution in [3.05, 3.63) is 64.7 Å². The molecule has 0 fully saturated rings. The van der Waals surface area contributed by atoms with Crippen LogP contribution >= 0.6 is 0 Å². The first-order valence-corrected chi connectivity index (χ1v) is 8.22. The Hall–Kier alpha value is -2.54. The van der Waals surface area contributed by atoms with Gasteiger partial charge in [0.05, 0.1) is 16.6 Å². The van der Waals surface area contributed by atoms with Crippen LogP contribution in [0.15, 0.2) is 42.5 Å². The van der Waals surface area contributed by atoms with E-state index >= 15 is 0 Å². The number of rotatable bonds is 0. The smallest absolute Gasteiger partial charge is 0.0620 e. The lowest BCUT2D eigenvalue weighted by Crippen LogP contribution is -1.89. The number of hydrogen-bond acceptors (Lipinski definition) is 0. The van der Waals surface area contributed by atoms with Crippen molar-refractivity contribution < 1.29 is 0 Å². The van der Waals surface area contributed by atoms with Crippen LogP contribution in [0, 0.1) is 27.7 Å². The SMILES string of the molecule is Cc1ccc2c(c1)c1c3cc(C)ccc3c3c(C)cc(C)c2n31. The highest BCUT2D eigenvalue weighted by molar-refractivity contribution is 6.24. The number of fused-ring (bicyclic) bond motifs is 6. The second-order valence-electron chi connectivity index (χ2n) is 6.99. The van der Waals surface area contributed by atoms with E-state index in [0.717, 1.165) is 0 Å². The summed E-state index contributed by atoms with van der Waals surface area (Å²) >= 11 is 0. The fraction of sp³-hybridized carbons (Fsp3) is 0.182. The summed E-state index contributed by atoms with van der Waals surface area (Å²) in [5.41, 5.74) is 9.46. The standard InChI is InChI=1S/C22H19N/c1-12-5-7-16-18(9-12)22-19-10-13(2)6-8-17(19)21-15(4)11-14(3)20(16)23(21)22/h5-11H,1-4H3. The van der Waals surface area contributed by atoms with E-state index in [-0.39, 0.29) is 0 Å². The fourth-order valence-corrected chi connectivity index (χ4v) is 4.32. The van der Waals surface area contributed by atoms with Gasteiger partial charge in [-0.15, -0.1) is 0 Å². The number of benzene rings is 2. The van der Waals surface area contributed by atoms with E-state index in [4.69, 9.17) is 0 Å². The Balaban J connectivity index is 2.27. The summed E-state index contributed by atoms with van der Waals surface area (Å²) < 4.78 is 2.50. The molecule has 112 valence electrons. The molecule has 0 N–H and O–H groups in total. The Morgan fingerprint density at radius 1 is 0.522 bits per heavy atom. The zero-order chi connectivity index (χ0) is 15.9. The molecular weight excluding hydrogens is 278 g/mol. The maximum absolute atomic E-state index is 2.50. The first-order chi connectivity index (χ1) is 11.1. The molecule has 5 aromatic rings. The molecular formula is C22H19N. The first kappa shape index (κ1) is 13.0. The third kappa shape index (κ3) is 1.47. The van der Waals surface area contributed by atoms with Crippen LogP contribution in [0.5, 0.6) is 0 Å². The molecule has 1 heteroatoms. The monoisotopic (exact) mass is 297 g/mol. The number of aromatic nitrogens is 1. The lowest BCUT2D eigenvalue weighted by Gasteiger charge is -2.06. The lowest BCUT2D eigenvalue weighted by atomic mass is 10.0. The van der Waals surface area contributed by atoms with Crippen LogP contribution < -0.4 is 0 Å². The quantitative estimate of drug-likeness (QED) is 0.327. The van der Waals surface area contributed by atoms with Gasteiger partial charge < -0.3 is 4.40 Å². The molecule has 0 amide bonds. The average Bonchev–Trinajstić information content (AvgIpc) is 2.99. The van der Waals surface area contributed by atoms with E-state index < -0.39 is 0 Å². The van der Waals surface area contributed by atoms with Gasteiger partial charge in [0.2, 0.25) is 0 Å². The highest BCUT2D eigenvalue weighted by Gasteiger charge is 2.20. The summed E-state index contributed by atoms with van der Waals surface area (Å²) in [6, 6.07) is 16.0. The second-order valence-corrected chi connectivity index (χ2v) is 6.99. The highest BCUT2D eigenvalue weighted by atomic mass is 14.9. The largest absolute Gasteiger partial charge is 0.307 e. The van der Waals surface area contributed by atoms with Crippen LogP contribution in [-0.2, 0) is 0 Å². The van der Waals surface area contributed by atoms with Crippen LogP contribution in [0.4, 0.5) is 0 Å². The number of hydrogen-bond donors (Lipinski definition) is 0. The third-order valence-corrected chi connectivity index (χ3v) is 5.22. The Morgan fingerprint density at radius 3 is 1.48 bits per heavy atom. The van der Waals surface area contributed by atoms with Gasteiger partial charge in [-0.25, -0.2) is 0 Å². The van der Waals surface area contributed by atoms with Crippen molar-refractivity contribution in [2.45, 2.75) is 27.7 Å². The van der Waals surface area contributed by atoms with E-state index in [1.165, 1.54) is 60.3 Å². The molecule has 3 aromatic heterocycles. The number of pyridine rings is 1. The topological polar surface area (TPSA) is 4.41 Å². The normalized spacial score (nSPS) is 12.3. The predicted molar refractivity (Wildman–Crippen MR) is 100 cm³/mol. The predicted octanol–water partition coefficient (Wildman–Crippen LogP) is 6.07. The summed E-state index contributed by atoms with van der Waals surface area (Å²) in [5, 5.41) is 5.50. The van der Waals surface area contributed by atoms with Crippen LogP contribution in [0.2, 0.25) is 0 Å². The summed E-state index contributed by atoms with van der Waals surface area (Å²) in [4.78, 5) is 0. The van der Waals surface area contributed by atoms with E-state index in [1.54, 1.807) is 0 Å². The lowest BCUT2D eigenvalue weighted by molar-refractivity contribution is 1.28. The van der Waals surface area contributed by atoms with Gasteiger partial charge in [-0.05, 0) is 51.0 Å². The van der Waals surface area contributed by atoms with Gasteiger partial charge in [0.15, 0.2) is 0 Å². The average molecular weight is 297 g/mol. The maximum atomic E-state index is 2.50. The zero-order valence-corrected chi connectivity index (χ0v) is 14.0. The van der Waals surface area contributed by atoms with E-state index in [2.05, 4.69) is 74.6 Å². The van der Waals surface area contributed by atoms with Crippen LogP contribution in [-0.4, -0.2) is 4.40 Å². The molecule has 0 unspecified atom stereocenters. The summed E-state index contributed by atoms with van der Waals surface area (Å²) in [6.07, 6.45) is 0. The number of nitrogens with zero attached hydrogens (tertiary/aromatic N) is 1. The molecule has 0 aliphatic heterocycles. The van der Waals surface area contributed by atoms with Crippen LogP contribution in [0.1, 0.15) is 22.3 Å². The van der Waals surface area contributed by atoms with E-state index in [1.807, 2.05) is 0 Å². The molecule has 23 heavy (non-hydrogen) atoms. The molecule has 0 saturated carbocycles. The molecule has 0 aliphatic rings. The minimum atomic E-state index is 1.32. The molecule has 0 bridgehead atoms. The molecule has 0 saturated heterocycles. The number of aryl methyl sites for hydroxylation is 4. The molecule has 0 spiro atoms. The zero-order valence-electron chi connectivity index (χ0n) is 14.0. The Kier molecular flexibility index (Phi) is 2.28. The van der Waals surface area contributed by atoms with Crippen molar-refractivity contribution in [2.75, 3.05) is 0 Å². The summed E-state index contributed by atoms with van der Waals surface area (Å²) in [7, 11) is 0. The Bertz CT molecular complexity index is 1150. The molecule has 2 aromatic carbocycles. The van der Waals surface area contributed by atoms with Gasteiger partial charge in [0, 0.05) is 21.5 Å². The van der Waals surface area contributed by atoms with Gasteiger partial charge in [-0.1, -0.05) is 41.5 Å². The van der Waals surface area contributed by atoms with E-state index in [9.17, 15) is 0 Å². The van der Waals surface area contributed by atoms with E-state index in [0.29, 0.717) is 0 Å². The van der Waals surface area contributed by atoms with Gasteiger partial charge >= 0.3 is 0 Å². The maximum Gasteiger partial charge on any atom is 0.0620 e. The molecule has 1 nitrogen and oxygen atoms in total. The highest BCUT2D eigenvalue weighted by Crippen LogP contribution is 2.41. The molecule has 0 radical (unpaired) electrons.